The Labute approximate surface area is 134 Å². The largest absolute Gasteiger partial charge is 0.345 e. The maximum absolute atomic E-state index is 12.1. The molecule has 0 aliphatic heterocycles. The van der Waals surface area contributed by atoms with Gasteiger partial charge in [0.05, 0.1) is 10.9 Å². The highest BCUT2D eigenvalue weighted by Crippen LogP contribution is 2.22. The third-order valence-corrected chi connectivity index (χ3v) is 4.48. The first kappa shape index (κ1) is 14.5. The predicted molar refractivity (Wildman–Crippen MR) is 92.1 cm³/mol. The Morgan fingerprint density at radius 2 is 1.59 bits per heavy atom. The van der Waals surface area contributed by atoms with Crippen molar-refractivity contribution < 1.29 is 4.79 Å². The van der Waals surface area contributed by atoms with Crippen molar-refractivity contribution in [3.63, 3.8) is 0 Å². The SMILES string of the molecule is C[C@H](NC(=O)c1cccs1)c1ccc(-c2ccccc2)cc1. The zero-order valence-corrected chi connectivity index (χ0v) is 13.1. The maximum Gasteiger partial charge on any atom is 0.261 e. The molecule has 0 saturated carbocycles. The average Bonchev–Trinajstić information content (AvgIpc) is 3.10. The number of hydrogen-bond acceptors (Lipinski definition) is 2. The topological polar surface area (TPSA) is 29.1 Å². The second kappa shape index (κ2) is 6.58. The lowest BCUT2D eigenvalue weighted by molar-refractivity contribution is 0.0944. The van der Waals surface area contributed by atoms with Crippen LogP contribution in [-0.2, 0) is 0 Å². The van der Waals surface area contributed by atoms with Crippen LogP contribution in [0.3, 0.4) is 0 Å². The first-order valence-electron chi connectivity index (χ1n) is 7.24. The Balaban J connectivity index is 1.71. The van der Waals surface area contributed by atoms with Crippen molar-refractivity contribution in [1.29, 1.82) is 0 Å². The van der Waals surface area contributed by atoms with Gasteiger partial charge in [-0.15, -0.1) is 11.3 Å². The molecule has 0 unspecified atom stereocenters. The van der Waals surface area contributed by atoms with Gasteiger partial charge < -0.3 is 5.32 Å². The third-order valence-electron chi connectivity index (χ3n) is 3.61. The van der Waals surface area contributed by atoms with Gasteiger partial charge in [-0.25, -0.2) is 0 Å². The van der Waals surface area contributed by atoms with Crippen LogP contribution in [0.15, 0.2) is 72.1 Å². The number of carbonyl (C=O) groups excluding carboxylic acids is 1. The van der Waals surface area contributed by atoms with Crippen molar-refractivity contribution in [1.82, 2.24) is 5.32 Å². The second-order valence-electron chi connectivity index (χ2n) is 5.16. The Morgan fingerprint density at radius 3 is 2.23 bits per heavy atom. The molecule has 22 heavy (non-hydrogen) atoms. The molecule has 1 amide bonds. The molecule has 0 spiro atoms. The molecule has 3 aromatic rings. The summed E-state index contributed by atoms with van der Waals surface area (Å²) in [6, 6.07) is 22.3. The Morgan fingerprint density at radius 1 is 0.909 bits per heavy atom. The minimum Gasteiger partial charge on any atom is -0.345 e. The van der Waals surface area contributed by atoms with E-state index in [0.29, 0.717) is 0 Å². The molecule has 0 fully saturated rings. The van der Waals surface area contributed by atoms with Crippen molar-refractivity contribution in [2.24, 2.45) is 0 Å². The second-order valence-corrected chi connectivity index (χ2v) is 6.11. The Kier molecular flexibility index (Phi) is 4.35. The fourth-order valence-corrected chi connectivity index (χ4v) is 2.98. The van der Waals surface area contributed by atoms with Gasteiger partial charge in [-0.3, -0.25) is 4.79 Å². The predicted octanol–water partition coefficient (Wildman–Crippen LogP) is 4.91. The number of hydrogen-bond donors (Lipinski definition) is 1. The highest BCUT2D eigenvalue weighted by molar-refractivity contribution is 7.12. The molecule has 3 rings (SSSR count). The molecule has 2 aromatic carbocycles. The monoisotopic (exact) mass is 307 g/mol. The summed E-state index contributed by atoms with van der Waals surface area (Å²) in [5.41, 5.74) is 3.48. The number of amides is 1. The minimum absolute atomic E-state index is 0.0144. The zero-order chi connectivity index (χ0) is 15.4. The van der Waals surface area contributed by atoms with Crippen LogP contribution in [-0.4, -0.2) is 5.91 Å². The lowest BCUT2D eigenvalue weighted by Crippen LogP contribution is -2.25. The smallest absolute Gasteiger partial charge is 0.261 e. The van der Waals surface area contributed by atoms with Crippen LogP contribution in [0.4, 0.5) is 0 Å². The molecular formula is C19H17NOS. The van der Waals surface area contributed by atoms with Gasteiger partial charge >= 0.3 is 0 Å². The number of benzene rings is 2. The van der Waals surface area contributed by atoms with E-state index < -0.39 is 0 Å². The summed E-state index contributed by atoms with van der Waals surface area (Å²) >= 11 is 1.46. The average molecular weight is 307 g/mol. The molecule has 3 heteroatoms. The summed E-state index contributed by atoms with van der Waals surface area (Å²) in [7, 11) is 0. The van der Waals surface area contributed by atoms with E-state index in [2.05, 4.69) is 41.7 Å². The number of nitrogens with one attached hydrogen (secondary N) is 1. The molecule has 1 aromatic heterocycles. The normalized spacial score (nSPS) is 11.9. The first-order valence-corrected chi connectivity index (χ1v) is 8.12. The van der Waals surface area contributed by atoms with Gasteiger partial charge in [-0.2, -0.15) is 0 Å². The molecule has 110 valence electrons. The van der Waals surface area contributed by atoms with E-state index in [9.17, 15) is 4.79 Å². The summed E-state index contributed by atoms with van der Waals surface area (Å²) in [6.45, 7) is 2.00. The highest BCUT2D eigenvalue weighted by Gasteiger charge is 2.12. The number of rotatable bonds is 4. The van der Waals surface area contributed by atoms with E-state index in [1.807, 2.05) is 42.6 Å². The maximum atomic E-state index is 12.1. The molecule has 0 bridgehead atoms. The van der Waals surface area contributed by atoms with Gasteiger partial charge in [0.15, 0.2) is 0 Å². The van der Waals surface area contributed by atoms with Crippen molar-refractivity contribution in [3.05, 3.63) is 82.6 Å². The summed E-state index contributed by atoms with van der Waals surface area (Å²) < 4.78 is 0. The fourth-order valence-electron chi connectivity index (χ4n) is 2.35. The molecule has 1 N–H and O–H groups in total. The van der Waals surface area contributed by atoms with Gasteiger partial charge in [0.25, 0.3) is 5.91 Å². The van der Waals surface area contributed by atoms with E-state index in [1.54, 1.807) is 0 Å². The number of carbonyl (C=O) groups is 1. The lowest BCUT2D eigenvalue weighted by atomic mass is 10.0. The van der Waals surface area contributed by atoms with E-state index in [4.69, 9.17) is 0 Å². The molecule has 2 nitrogen and oxygen atoms in total. The van der Waals surface area contributed by atoms with Crippen LogP contribution in [0.5, 0.6) is 0 Å². The van der Waals surface area contributed by atoms with Gasteiger partial charge in [0.2, 0.25) is 0 Å². The van der Waals surface area contributed by atoms with Gasteiger partial charge in [0.1, 0.15) is 0 Å². The Bertz CT molecular complexity index is 733. The lowest BCUT2D eigenvalue weighted by Gasteiger charge is -2.14. The molecule has 0 saturated heterocycles. The van der Waals surface area contributed by atoms with Gasteiger partial charge in [-0.05, 0) is 35.1 Å². The van der Waals surface area contributed by atoms with Crippen LogP contribution < -0.4 is 5.32 Å². The van der Waals surface area contributed by atoms with Crippen LogP contribution in [0.1, 0.15) is 28.2 Å². The minimum atomic E-state index is -0.0189. The van der Waals surface area contributed by atoms with Gasteiger partial charge in [0, 0.05) is 0 Å². The quantitative estimate of drug-likeness (QED) is 0.729. The molecule has 1 heterocycles. The van der Waals surface area contributed by atoms with E-state index in [0.717, 1.165) is 10.4 Å². The van der Waals surface area contributed by atoms with Crippen LogP contribution in [0.25, 0.3) is 11.1 Å². The number of thiophene rings is 1. The molecular weight excluding hydrogens is 290 g/mol. The van der Waals surface area contributed by atoms with Crippen molar-refractivity contribution in [2.75, 3.05) is 0 Å². The van der Waals surface area contributed by atoms with Crippen LogP contribution in [0.2, 0.25) is 0 Å². The Hall–Kier alpha value is -2.39. The molecule has 0 aliphatic carbocycles. The first-order chi connectivity index (χ1) is 10.7. The molecule has 0 radical (unpaired) electrons. The van der Waals surface area contributed by atoms with Crippen LogP contribution in [0, 0.1) is 0 Å². The van der Waals surface area contributed by atoms with Crippen molar-refractivity contribution in [3.8, 4) is 11.1 Å². The highest BCUT2D eigenvalue weighted by atomic mass is 32.1. The van der Waals surface area contributed by atoms with E-state index >= 15 is 0 Å². The zero-order valence-electron chi connectivity index (χ0n) is 12.3. The van der Waals surface area contributed by atoms with Crippen molar-refractivity contribution >= 4 is 17.2 Å². The van der Waals surface area contributed by atoms with Crippen molar-refractivity contribution in [2.45, 2.75) is 13.0 Å². The van der Waals surface area contributed by atoms with E-state index in [-0.39, 0.29) is 11.9 Å². The summed E-state index contributed by atoms with van der Waals surface area (Å²) in [5.74, 6) is -0.0189. The fraction of sp³-hybridized carbons (Fsp3) is 0.105. The summed E-state index contributed by atoms with van der Waals surface area (Å²) in [6.07, 6.45) is 0. The standard InChI is InChI=1S/C19H17NOS/c1-14(20-19(21)18-8-5-13-22-18)15-9-11-17(12-10-15)16-6-3-2-4-7-16/h2-14H,1H3,(H,20,21)/t14-/m0/s1. The van der Waals surface area contributed by atoms with Gasteiger partial charge in [-0.1, -0.05) is 60.7 Å². The summed E-state index contributed by atoms with van der Waals surface area (Å²) in [4.78, 5) is 12.8. The van der Waals surface area contributed by atoms with E-state index in [1.165, 1.54) is 22.5 Å². The van der Waals surface area contributed by atoms with Crippen LogP contribution >= 0.6 is 11.3 Å². The summed E-state index contributed by atoms with van der Waals surface area (Å²) in [5, 5.41) is 4.94. The molecule has 0 aliphatic rings. The molecule has 1 atom stereocenters. The third kappa shape index (κ3) is 3.26.